The fourth-order valence-corrected chi connectivity index (χ4v) is 2.93. The van der Waals surface area contributed by atoms with E-state index in [0.717, 1.165) is 36.2 Å². The molecule has 3 nitrogen and oxygen atoms in total. The highest BCUT2D eigenvalue weighted by molar-refractivity contribution is 9.10. The molecule has 0 aliphatic carbocycles. The van der Waals surface area contributed by atoms with Gasteiger partial charge in [-0.2, -0.15) is 0 Å². The summed E-state index contributed by atoms with van der Waals surface area (Å²) in [4.78, 5) is 2.33. The van der Waals surface area contributed by atoms with E-state index >= 15 is 0 Å². The SMILES string of the molecule is COCC1=CCN(c2ccc([C@H](C)O)cc2Br)CC1. The van der Waals surface area contributed by atoms with Crippen LogP contribution in [-0.4, -0.2) is 31.9 Å². The van der Waals surface area contributed by atoms with Gasteiger partial charge in [-0.05, 0) is 52.5 Å². The monoisotopic (exact) mass is 325 g/mol. The highest BCUT2D eigenvalue weighted by Gasteiger charge is 2.15. The Morgan fingerprint density at radius 3 is 2.79 bits per heavy atom. The smallest absolute Gasteiger partial charge is 0.0762 e. The lowest BCUT2D eigenvalue weighted by atomic mass is 10.1. The van der Waals surface area contributed by atoms with Crippen LogP contribution in [0.4, 0.5) is 5.69 Å². The number of halogens is 1. The number of anilines is 1. The van der Waals surface area contributed by atoms with Gasteiger partial charge in [0.15, 0.2) is 0 Å². The van der Waals surface area contributed by atoms with Gasteiger partial charge in [-0.15, -0.1) is 0 Å². The van der Waals surface area contributed by atoms with Crippen LogP contribution in [-0.2, 0) is 4.74 Å². The number of aliphatic hydroxyl groups is 1. The minimum Gasteiger partial charge on any atom is -0.389 e. The fourth-order valence-electron chi connectivity index (χ4n) is 2.29. The standard InChI is InChI=1S/C15H20BrNO2/c1-11(18)13-3-4-15(14(16)9-13)17-7-5-12(6-8-17)10-19-2/h3-5,9,11,18H,6-8,10H2,1-2H3/t11-/m0/s1. The maximum absolute atomic E-state index is 9.59. The number of hydrogen-bond acceptors (Lipinski definition) is 3. The minimum atomic E-state index is -0.431. The Balaban J connectivity index is 2.11. The first-order valence-corrected chi connectivity index (χ1v) is 7.30. The van der Waals surface area contributed by atoms with Gasteiger partial charge < -0.3 is 14.7 Å². The van der Waals surface area contributed by atoms with Gasteiger partial charge in [0.25, 0.3) is 0 Å². The van der Waals surface area contributed by atoms with E-state index in [1.165, 1.54) is 11.3 Å². The van der Waals surface area contributed by atoms with Crippen LogP contribution in [0.15, 0.2) is 34.3 Å². The topological polar surface area (TPSA) is 32.7 Å². The first-order chi connectivity index (χ1) is 9.11. The van der Waals surface area contributed by atoms with Crippen LogP contribution in [0.1, 0.15) is 25.0 Å². The molecule has 19 heavy (non-hydrogen) atoms. The van der Waals surface area contributed by atoms with E-state index in [1.54, 1.807) is 14.0 Å². The average molecular weight is 326 g/mol. The zero-order valence-corrected chi connectivity index (χ0v) is 13.0. The van der Waals surface area contributed by atoms with Crippen LogP contribution in [0.2, 0.25) is 0 Å². The molecule has 1 heterocycles. The Morgan fingerprint density at radius 2 is 2.26 bits per heavy atom. The van der Waals surface area contributed by atoms with Crippen LogP contribution in [0, 0.1) is 0 Å². The number of aliphatic hydroxyl groups excluding tert-OH is 1. The summed E-state index contributed by atoms with van der Waals surface area (Å²) in [5.41, 5.74) is 3.48. The second kappa shape index (κ2) is 6.55. The van der Waals surface area contributed by atoms with Crippen molar-refractivity contribution < 1.29 is 9.84 Å². The van der Waals surface area contributed by atoms with Crippen molar-refractivity contribution in [1.82, 2.24) is 0 Å². The van der Waals surface area contributed by atoms with Crippen LogP contribution in [0.5, 0.6) is 0 Å². The van der Waals surface area contributed by atoms with Crippen molar-refractivity contribution in [1.29, 1.82) is 0 Å². The first-order valence-electron chi connectivity index (χ1n) is 6.51. The maximum Gasteiger partial charge on any atom is 0.0762 e. The van der Waals surface area contributed by atoms with Gasteiger partial charge in [0.2, 0.25) is 0 Å². The van der Waals surface area contributed by atoms with Crippen LogP contribution < -0.4 is 4.90 Å². The molecule has 1 aliphatic rings. The molecule has 1 aliphatic heterocycles. The number of ether oxygens (including phenoxy) is 1. The highest BCUT2D eigenvalue weighted by Crippen LogP contribution is 2.31. The third-order valence-electron chi connectivity index (χ3n) is 3.43. The molecule has 0 aromatic heterocycles. The lowest BCUT2D eigenvalue weighted by Crippen LogP contribution is -2.29. The van der Waals surface area contributed by atoms with Crippen LogP contribution in [0.25, 0.3) is 0 Å². The molecule has 1 aromatic rings. The molecule has 0 radical (unpaired) electrons. The van der Waals surface area contributed by atoms with Gasteiger partial charge in [0.1, 0.15) is 0 Å². The van der Waals surface area contributed by atoms with E-state index in [0.29, 0.717) is 0 Å². The number of methoxy groups -OCH3 is 1. The fraction of sp³-hybridized carbons (Fsp3) is 0.467. The lowest BCUT2D eigenvalue weighted by Gasteiger charge is -2.29. The van der Waals surface area contributed by atoms with Crippen molar-refractivity contribution in [3.05, 3.63) is 39.9 Å². The molecule has 0 fully saturated rings. The number of hydrogen-bond donors (Lipinski definition) is 1. The summed E-state index contributed by atoms with van der Waals surface area (Å²) < 4.78 is 6.20. The van der Waals surface area contributed by atoms with E-state index < -0.39 is 6.10 Å². The van der Waals surface area contributed by atoms with Crippen molar-refractivity contribution in [2.45, 2.75) is 19.4 Å². The third-order valence-corrected chi connectivity index (χ3v) is 4.06. The molecule has 0 spiro atoms. The van der Waals surface area contributed by atoms with Gasteiger partial charge in [-0.25, -0.2) is 0 Å². The van der Waals surface area contributed by atoms with Gasteiger partial charge in [0.05, 0.1) is 18.4 Å². The number of nitrogens with zero attached hydrogens (tertiary/aromatic N) is 1. The predicted octanol–water partition coefficient (Wildman–Crippen LogP) is 3.29. The molecule has 0 saturated heterocycles. The molecule has 0 saturated carbocycles. The molecule has 0 unspecified atom stereocenters. The summed E-state index contributed by atoms with van der Waals surface area (Å²) in [5.74, 6) is 0. The van der Waals surface area contributed by atoms with E-state index in [9.17, 15) is 5.11 Å². The molecule has 4 heteroatoms. The van der Waals surface area contributed by atoms with E-state index in [2.05, 4.69) is 33.0 Å². The molecular weight excluding hydrogens is 306 g/mol. The van der Waals surface area contributed by atoms with Gasteiger partial charge in [-0.1, -0.05) is 12.1 Å². The molecule has 2 rings (SSSR count). The van der Waals surface area contributed by atoms with E-state index in [4.69, 9.17) is 4.74 Å². The van der Waals surface area contributed by atoms with E-state index in [-0.39, 0.29) is 0 Å². The van der Waals surface area contributed by atoms with Crippen molar-refractivity contribution in [3.8, 4) is 0 Å². The Kier molecular flexibility index (Phi) is 5.02. The lowest BCUT2D eigenvalue weighted by molar-refractivity contribution is 0.199. The zero-order chi connectivity index (χ0) is 13.8. The van der Waals surface area contributed by atoms with Gasteiger partial charge in [0, 0.05) is 24.7 Å². The predicted molar refractivity (Wildman–Crippen MR) is 81.6 cm³/mol. The number of rotatable bonds is 4. The van der Waals surface area contributed by atoms with Crippen molar-refractivity contribution in [2.24, 2.45) is 0 Å². The summed E-state index contributed by atoms with van der Waals surface area (Å²) in [7, 11) is 1.73. The summed E-state index contributed by atoms with van der Waals surface area (Å²) in [6, 6.07) is 6.05. The molecular formula is C15H20BrNO2. The second-order valence-corrected chi connectivity index (χ2v) is 5.73. The molecule has 1 N–H and O–H groups in total. The molecule has 1 aromatic carbocycles. The molecule has 0 amide bonds. The average Bonchev–Trinajstić information content (AvgIpc) is 2.40. The van der Waals surface area contributed by atoms with Crippen LogP contribution >= 0.6 is 15.9 Å². The maximum atomic E-state index is 9.59. The zero-order valence-electron chi connectivity index (χ0n) is 11.4. The third kappa shape index (κ3) is 3.59. The Labute approximate surface area is 123 Å². The highest BCUT2D eigenvalue weighted by atomic mass is 79.9. The summed E-state index contributed by atoms with van der Waals surface area (Å²) in [6.45, 7) is 4.42. The Hall–Kier alpha value is -0.840. The molecule has 1 atom stereocenters. The van der Waals surface area contributed by atoms with Gasteiger partial charge >= 0.3 is 0 Å². The first kappa shape index (κ1) is 14.6. The van der Waals surface area contributed by atoms with Crippen molar-refractivity contribution >= 4 is 21.6 Å². The minimum absolute atomic E-state index is 0.431. The summed E-state index contributed by atoms with van der Waals surface area (Å²) >= 11 is 3.60. The Morgan fingerprint density at radius 1 is 1.47 bits per heavy atom. The molecule has 0 bridgehead atoms. The largest absolute Gasteiger partial charge is 0.389 e. The molecule has 104 valence electrons. The van der Waals surface area contributed by atoms with Gasteiger partial charge in [-0.3, -0.25) is 0 Å². The Bertz CT molecular complexity index is 471. The van der Waals surface area contributed by atoms with Crippen molar-refractivity contribution in [3.63, 3.8) is 0 Å². The second-order valence-electron chi connectivity index (χ2n) is 4.88. The normalized spacial score (nSPS) is 17.3. The van der Waals surface area contributed by atoms with E-state index in [1.807, 2.05) is 12.1 Å². The summed E-state index contributed by atoms with van der Waals surface area (Å²) in [6.07, 6.45) is 2.85. The number of benzene rings is 1. The summed E-state index contributed by atoms with van der Waals surface area (Å²) in [5, 5.41) is 9.59. The van der Waals surface area contributed by atoms with Crippen LogP contribution in [0.3, 0.4) is 0 Å². The quantitative estimate of drug-likeness (QED) is 0.862. The van der Waals surface area contributed by atoms with Crippen molar-refractivity contribution in [2.75, 3.05) is 31.7 Å².